The molecule has 1 aliphatic rings. The summed E-state index contributed by atoms with van der Waals surface area (Å²) in [6, 6.07) is 9.20. The van der Waals surface area contributed by atoms with Gasteiger partial charge in [0.05, 0.1) is 0 Å². The van der Waals surface area contributed by atoms with Crippen LogP contribution < -0.4 is 5.63 Å². The first-order valence-electron chi connectivity index (χ1n) is 6.70. The van der Waals surface area contributed by atoms with Crippen molar-refractivity contribution in [1.29, 1.82) is 0 Å². The number of benzene rings is 1. The first-order chi connectivity index (χ1) is 9.27. The summed E-state index contributed by atoms with van der Waals surface area (Å²) < 4.78 is 5.43. The van der Waals surface area contributed by atoms with Gasteiger partial charge < -0.3 is 9.52 Å². The predicted octanol–water partition coefficient (Wildman–Crippen LogP) is 3.28. The van der Waals surface area contributed by atoms with Crippen molar-refractivity contribution < 1.29 is 9.52 Å². The summed E-state index contributed by atoms with van der Waals surface area (Å²) in [5, 5.41) is 10.4. The van der Waals surface area contributed by atoms with Crippen LogP contribution in [0.15, 0.2) is 39.5 Å². The second-order valence-corrected chi connectivity index (χ2v) is 4.94. The first kappa shape index (κ1) is 12.0. The second-order valence-electron chi connectivity index (χ2n) is 4.94. The van der Waals surface area contributed by atoms with E-state index < -0.39 is 5.63 Å². The summed E-state index contributed by atoms with van der Waals surface area (Å²) in [6.45, 7) is 0. The van der Waals surface area contributed by atoms with Gasteiger partial charge in [0, 0.05) is 12.0 Å². The highest BCUT2D eigenvalue weighted by Crippen LogP contribution is 2.34. The fraction of sp³-hybridized carbons (Fsp3) is 0.312. The summed E-state index contributed by atoms with van der Waals surface area (Å²) in [5.74, 6) is 0.777. The van der Waals surface area contributed by atoms with E-state index in [2.05, 4.69) is 0 Å². The summed E-state index contributed by atoms with van der Waals surface area (Å²) in [4.78, 5) is 12.1. The monoisotopic (exact) mass is 256 g/mol. The van der Waals surface area contributed by atoms with Crippen LogP contribution in [0.25, 0.3) is 11.1 Å². The summed E-state index contributed by atoms with van der Waals surface area (Å²) in [5.41, 5.74) is 1.38. The lowest BCUT2D eigenvalue weighted by Gasteiger charge is -2.10. The van der Waals surface area contributed by atoms with Crippen LogP contribution in [0, 0.1) is 0 Å². The Labute approximate surface area is 111 Å². The molecule has 19 heavy (non-hydrogen) atoms. The quantitative estimate of drug-likeness (QED) is 0.796. The van der Waals surface area contributed by atoms with E-state index in [-0.39, 0.29) is 5.75 Å². The van der Waals surface area contributed by atoms with Crippen molar-refractivity contribution in [2.24, 2.45) is 0 Å². The first-order valence-corrected chi connectivity index (χ1v) is 6.70. The van der Waals surface area contributed by atoms with Crippen LogP contribution in [0.2, 0.25) is 0 Å². The van der Waals surface area contributed by atoms with Crippen LogP contribution in [0.3, 0.4) is 0 Å². The third-order valence-electron chi connectivity index (χ3n) is 3.67. The van der Waals surface area contributed by atoms with Gasteiger partial charge in [0.25, 0.3) is 0 Å². The summed E-state index contributed by atoms with van der Waals surface area (Å²) >= 11 is 0. The molecule has 1 aromatic carbocycles. The molecule has 0 fully saturated rings. The average Bonchev–Trinajstić information content (AvgIpc) is 2.65. The molecule has 0 bridgehead atoms. The van der Waals surface area contributed by atoms with E-state index in [1.165, 1.54) is 0 Å². The minimum absolute atomic E-state index is 0.111. The van der Waals surface area contributed by atoms with Gasteiger partial charge in [0.15, 0.2) is 0 Å². The molecular weight excluding hydrogens is 240 g/mol. The Morgan fingerprint density at radius 3 is 2.53 bits per heavy atom. The summed E-state index contributed by atoms with van der Waals surface area (Å²) in [7, 11) is 0. The van der Waals surface area contributed by atoms with Crippen LogP contribution in [-0.2, 0) is 12.8 Å². The van der Waals surface area contributed by atoms with Crippen molar-refractivity contribution in [2.45, 2.75) is 32.1 Å². The van der Waals surface area contributed by atoms with E-state index in [1.807, 2.05) is 30.3 Å². The molecule has 0 spiro atoms. The molecule has 3 rings (SSSR count). The maximum Gasteiger partial charge on any atom is 0.347 e. The zero-order valence-corrected chi connectivity index (χ0v) is 10.7. The molecule has 1 heterocycles. The number of fused-ring (bicyclic) bond motifs is 1. The zero-order valence-electron chi connectivity index (χ0n) is 10.7. The Bertz CT molecular complexity index is 641. The zero-order chi connectivity index (χ0) is 13.2. The molecule has 98 valence electrons. The van der Waals surface area contributed by atoms with Gasteiger partial charge in [-0.3, -0.25) is 0 Å². The van der Waals surface area contributed by atoms with Gasteiger partial charge in [-0.2, -0.15) is 0 Å². The molecule has 1 N–H and O–H groups in total. The highest BCUT2D eigenvalue weighted by Gasteiger charge is 2.21. The number of aryl methyl sites for hydroxylation is 1. The second kappa shape index (κ2) is 4.92. The van der Waals surface area contributed by atoms with Crippen LogP contribution >= 0.6 is 0 Å². The Morgan fingerprint density at radius 2 is 1.74 bits per heavy atom. The summed E-state index contributed by atoms with van der Waals surface area (Å²) in [6.07, 6.45) is 4.68. The molecule has 0 saturated heterocycles. The lowest BCUT2D eigenvalue weighted by Crippen LogP contribution is -2.08. The van der Waals surface area contributed by atoms with Crippen LogP contribution in [0.4, 0.5) is 0 Å². The fourth-order valence-corrected chi connectivity index (χ4v) is 2.69. The lowest BCUT2D eigenvalue weighted by atomic mass is 10.0. The van der Waals surface area contributed by atoms with Gasteiger partial charge >= 0.3 is 5.63 Å². The van der Waals surface area contributed by atoms with Gasteiger partial charge in [0.1, 0.15) is 17.1 Å². The predicted molar refractivity (Wildman–Crippen MR) is 73.3 cm³/mol. The molecule has 1 aromatic heterocycles. The molecule has 3 nitrogen and oxygen atoms in total. The van der Waals surface area contributed by atoms with E-state index in [1.54, 1.807) is 0 Å². The standard InChI is InChI=1S/C16H16O3/c17-15-12-9-5-2-6-10-13(12)19-16(18)14(15)11-7-3-1-4-8-11/h1,3-4,7-8,17H,2,5-6,9-10H2. The third kappa shape index (κ3) is 2.16. The topological polar surface area (TPSA) is 50.4 Å². The Balaban J connectivity index is 2.22. The van der Waals surface area contributed by atoms with Gasteiger partial charge in [-0.05, 0) is 24.8 Å². The minimum atomic E-state index is -0.440. The number of hydrogen-bond donors (Lipinski definition) is 1. The molecule has 0 aliphatic heterocycles. The smallest absolute Gasteiger partial charge is 0.347 e. The highest BCUT2D eigenvalue weighted by molar-refractivity contribution is 5.70. The normalized spacial score (nSPS) is 14.7. The van der Waals surface area contributed by atoms with E-state index in [4.69, 9.17) is 4.42 Å². The van der Waals surface area contributed by atoms with Crippen molar-refractivity contribution in [3.8, 4) is 16.9 Å². The Kier molecular flexibility index (Phi) is 3.11. The number of hydrogen-bond acceptors (Lipinski definition) is 3. The Hall–Kier alpha value is -2.03. The molecular formula is C16H16O3. The lowest BCUT2D eigenvalue weighted by molar-refractivity contribution is 0.418. The van der Waals surface area contributed by atoms with Crippen molar-refractivity contribution in [1.82, 2.24) is 0 Å². The maximum atomic E-state index is 12.1. The van der Waals surface area contributed by atoms with E-state index in [9.17, 15) is 9.90 Å². The van der Waals surface area contributed by atoms with Crippen molar-refractivity contribution in [2.75, 3.05) is 0 Å². The molecule has 0 saturated carbocycles. The molecule has 0 atom stereocenters. The van der Waals surface area contributed by atoms with E-state index in [0.717, 1.165) is 37.7 Å². The third-order valence-corrected chi connectivity index (χ3v) is 3.67. The largest absolute Gasteiger partial charge is 0.507 e. The van der Waals surface area contributed by atoms with Gasteiger partial charge in [-0.1, -0.05) is 36.8 Å². The highest BCUT2D eigenvalue weighted by atomic mass is 16.4. The molecule has 3 heteroatoms. The van der Waals surface area contributed by atoms with Crippen LogP contribution in [-0.4, -0.2) is 5.11 Å². The fourth-order valence-electron chi connectivity index (χ4n) is 2.69. The number of aromatic hydroxyl groups is 1. The van der Waals surface area contributed by atoms with E-state index >= 15 is 0 Å². The van der Waals surface area contributed by atoms with Crippen LogP contribution in [0.5, 0.6) is 5.75 Å². The molecule has 2 aromatic rings. The van der Waals surface area contributed by atoms with Crippen molar-refractivity contribution in [3.05, 3.63) is 52.1 Å². The molecule has 1 aliphatic carbocycles. The molecule has 0 unspecified atom stereocenters. The van der Waals surface area contributed by atoms with Crippen molar-refractivity contribution in [3.63, 3.8) is 0 Å². The van der Waals surface area contributed by atoms with Crippen LogP contribution in [0.1, 0.15) is 30.6 Å². The SMILES string of the molecule is O=c1oc2c(c(O)c1-c1ccccc1)CCCCC2. The molecule has 0 amide bonds. The van der Waals surface area contributed by atoms with E-state index in [0.29, 0.717) is 16.9 Å². The van der Waals surface area contributed by atoms with Gasteiger partial charge in [0.2, 0.25) is 0 Å². The maximum absolute atomic E-state index is 12.1. The van der Waals surface area contributed by atoms with Gasteiger partial charge in [-0.15, -0.1) is 0 Å². The average molecular weight is 256 g/mol. The minimum Gasteiger partial charge on any atom is -0.507 e. The van der Waals surface area contributed by atoms with Gasteiger partial charge in [-0.25, -0.2) is 4.79 Å². The van der Waals surface area contributed by atoms with Crippen molar-refractivity contribution >= 4 is 0 Å². The number of rotatable bonds is 1. The Morgan fingerprint density at radius 1 is 1.00 bits per heavy atom. The molecule has 0 radical (unpaired) electrons.